The Morgan fingerprint density at radius 1 is 1.12 bits per heavy atom. The first-order chi connectivity index (χ1) is 7.74. The predicted molar refractivity (Wildman–Crippen MR) is 72.1 cm³/mol. The van der Waals surface area contributed by atoms with Gasteiger partial charge in [-0.05, 0) is 38.9 Å². The lowest BCUT2D eigenvalue weighted by atomic mass is 10.0. The summed E-state index contributed by atoms with van der Waals surface area (Å²) in [5.74, 6) is 0. The molecule has 1 rings (SSSR count). The van der Waals surface area contributed by atoms with Gasteiger partial charge in [0.1, 0.15) is 0 Å². The third-order valence-electron chi connectivity index (χ3n) is 3.02. The van der Waals surface area contributed by atoms with Crippen LogP contribution >= 0.6 is 0 Å². The van der Waals surface area contributed by atoms with E-state index in [2.05, 4.69) is 62.2 Å². The van der Waals surface area contributed by atoms with Gasteiger partial charge in [0.25, 0.3) is 0 Å². The Morgan fingerprint density at radius 3 is 2.31 bits per heavy atom. The average Bonchev–Trinajstić information content (AvgIpc) is 2.31. The third kappa shape index (κ3) is 2.99. The van der Waals surface area contributed by atoms with Crippen LogP contribution in [0.4, 0.5) is 5.69 Å². The van der Waals surface area contributed by atoms with Crippen LogP contribution < -0.4 is 10.2 Å². The monoisotopic (exact) mass is 220 g/mol. The fourth-order valence-corrected chi connectivity index (χ4v) is 2.12. The number of anilines is 1. The number of hydrogen-bond donors (Lipinski definition) is 1. The maximum Gasteiger partial charge on any atom is 0.0414 e. The van der Waals surface area contributed by atoms with E-state index in [1.54, 1.807) is 0 Å². The first-order valence-electron chi connectivity index (χ1n) is 6.31. The summed E-state index contributed by atoms with van der Waals surface area (Å²) in [7, 11) is 0. The minimum atomic E-state index is 0.418. The highest BCUT2D eigenvalue weighted by atomic mass is 15.1. The molecule has 0 aliphatic rings. The van der Waals surface area contributed by atoms with Gasteiger partial charge in [-0.15, -0.1) is 0 Å². The zero-order chi connectivity index (χ0) is 12.0. The van der Waals surface area contributed by atoms with Gasteiger partial charge in [-0.1, -0.05) is 25.1 Å². The molecule has 0 fully saturated rings. The fraction of sp³-hybridized carbons (Fsp3) is 0.571. The third-order valence-corrected chi connectivity index (χ3v) is 3.02. The van der Waals surface area contributed by atoms with Crippen LogP contribution in [0.2, 0.25) is 0 Å². The molecule has 0 spiro atoms. The van der Waals surface area contributed by atoms with Crippen LogP contribution in [0, 0.1) is 0 Å². The summed E-state index contributed by atoms with van der Waals surface area (Å²) in [6.45, 7) is 11.9. The minimum absolute atomic E-state index is 0.418. The highest BCUT2D eigenvalue weighted by Gasteiger charge is 2.12. The molecule has 1 atom stereocenters. The van der Waals surface area contributed by atoms with Crippen LogP contribution in [-0.2, 0) is 0 Å². The number of hydrogen-bond acceptors (Lipinski definition) is 2. The van der Waals surface area contributed by atoms with E-state index in [1.807, 2.05) is 0 Å². The van der Waals surface area contributed by atoms with Crippen LogP contribution in [0.5, 0.6) is 0 Å². The van der Waals surface area contributed by atoms with Crippen LogP contribution in [0.1, 0.15) is 39.3 Å². The van der Waals surface area contributed by atoms with E-state index in [-0.39, 0.29) is 0 Å². The second-order valence-electron chi connectivity index (χ2n) is 4.01. The summed E-state index contributed by atoms with van der Waals surface area (Å²) >= 11 is 0. The first-order valence-corrected chi connectivity index (χ1v) is 6.31. The lowest BCUT2D eigenvalue weighted by Crippen LogP contribution is -2.26. The lowest BCUT2D eigenvalue weighted by molar-refractivity contribution is 0.596. The standard InChI is InChI=1S/C14H24N2/c1-5-15-12(4)13-10-8-9-11-14(13)16(6-2)7-3/h8-12,15H,5-7H2,1-4H3. The van der Waals surface area contributed by atoms with Gasteiger partial charge in [-0.2, -0.15) is 0 Å². The van der Waals surface area contributed by atoms with Crippen molar-refractivity contribution in [3.63, 3.8) is 0 Å². The molecule has 1 unspecified atom stereocenters. The Bertz CT molecular complexity index is 305. The SMILES string of the molecule is CCNC(C)c1ccccc1N(CC)CC. The molecule has 90 valence electrons. The first kappa shape index (κ1) is 13.0. The van der Waals surface area contributed by atoms with Gasteiger partial charge in [0.15, 0.2) is 0 Å². The predicted octanol–water partition coefficient (Wildman–Crippen LogP) is 3.20. The fourth-order valence-electron chi connectivity index (χ4n) is 2.12. The van der Waals surface area contributed by atoms with Crippen molar-refractivity contribution in [1.82, 2.24) is 5.32 Å². The Kier molecular flexibility index (Phi) is 5.33. The zero-order valence-corrected chi connectivity index (χ0v) is 11.0. The highest BCUT2D eigenvalue weighted by Crippen LogP contribution is 2.25. The molecule has 0 saturated carbocycles. The summed E-state index contributed by atoms with van der Waals surface area (Å²) < 4.78 is 0. The molecule has 0 aliphatic carbocycles. The molecule has 0 saturated heterocycles. The molecule has 1 aromatic rings. The number of benzene rings is 1. The second-order valence-corrected chi connectivity index (χ2v) is 4.01. The van der Waals surface area contributed by atoms with E-state index in [4.69, 9.17) is 0 Å². The highest BCUT2D eigenvalue weighted by molar-refractivity contribution is 5.54. The normalized spacial score (nSPS) is 12.5. The quantitative estimate of drug-likeness (QED) is 0.792. The van der Waals surface area contributed by atoms with Gasteiger partial charge in [-0.25, -0.2) is 0 Å². The van der Waals surface area contributed by atoms with Crippen molar-refractivity contribution in [2.45, 2.75) is 33.7 Å². The Labute approximate surface area is 99.7 Å². The van der Waals surface area contributed by atoms with E-state index >= 15 is 0 Å². The molecule has 2 nitrogen and oxygen atoms in total. The molecule has 0 aliphatic heterocycles. The molecule has 0 heterocycles. The van der Waals surface area contributed by atoms with Crippen molar-refractivity contribution in [2.75, 3.05) is 24.5 Å². The molecule has 0 amide bonds. The van der Waals surface area contributed by atoms with E-state index in [9.17, 15) is 0 Å². The Hall–Kier alpha value is -1.02. The molecular weight excluding hydrogens is 196 g/mol. The zero-order valence-electron chi connectivity index (χ0n) is 11.0. The molecule has 1 N–H and O–H groups in total. The van der Waals surface area contributed by atoms with Crippen LogP contribution in [0.25, 0.3) is 0 Å². The molecule has 0 aromatic heterocycles. The molecule has 0 radical (unpaired) electrons. The maximum atomic E-state index is 3.48. The van der Waals surface area contributed by atoms with E-state index in [1.165, 1.54) is 11.3 Å². The Morgan fingerprint density at radius 2 is 1.75 bits per heavy atom. The summed E-state index contributed by atoms with van der Waals surface area (Å²) in [4.78, 5) is 2.41. The number of nitrogens with one attached hydrogen (secondary N) is 1. The van der Waals surface area contributed by atoms with Crippen molar-refractivity contribution in [3.05, 3.63) is 29.8 Å². The average molecular weight is 220 g/mol. The van der Waals surface area contributed by atoms with Crippen molar-refractivity contribution in [1.29, 1.82) is 0 Å². The van der Waals surface area contributed by atoms with E-state index < -0.39 is 0 Å². The van der Waals surface area contributed by atoms with Gasteiger partial charge < -0.3 is 10.2 Å². The summed E-state index contributed by atoms with van der Waals surface area (Å²) in [6, 6.07) is 9.10. The largest absolute Gasteiger partial charge is 0.372 e. The van der Waals surface area contributed by atoms with E-state index in [0.717, 1.165) is 19.6 Å². The number of rotatable bonds is 6. The van der Waals surface area contributed by atoms with Crippen molar-refractivity contribution >= 4 is 5.69 Å². The van der Waals surface area contributed by atoms with Crippen molar-refractivity contribution in [2.24, 2.45) is 0 Å². The van der Waals surface area contributed by atoms with Gasteiger partial charge >= 0.3 is 0 Å². The number of nitrogens with zero attached hydrogens (tertiary/aromatic N) is 1. The number of para-hydroxylation sites is 1. The maximum absolute atomic E-state index is 3.48. The molecule has 2 heteroatoms. The van der Waals surface area contributed by atoms with Gasteiger partial charge in [-0.3, -0.25) is 0 Å². The van der Waals surface area contributed by atoms with Crippen LogP contribution in [-0.4, -0.2) is 19.6 Å². The van der Waals surface area contributed by atoms with Gasteiger partial charge in [0, 0.05) is 24.8 Å². The van der Waals surface area contributed by atoms with Crippen LogP contribution in [0.3, 0.4) is 0 Å². The van der Waals surface area contributed by atoms with Gasteiger partial charge in [0.05, 0.1) is 0 Å². The van der Waals surface area contributed by atoms with Crippen molar-refractivity contribution < 1.29 is 0 Å². The molecular formula is C14H24N2. The summed E-state index contributed by atoms with van der Waals surface area (Å²) in [6.07, 6.45) is 0. The molecule has 1 aromatic carbocycles. The Balaban J connectivity index is 2.98. The second kappa shape index (κ2) is 6.54. The minimum Gasteiger partial charge on any atom is -0.372 e. The van der Waals surface area contributed by atoms with Crippen LogP contribution in [0.15, 0.2) is 24.3 Å². The van der Waals surface area contributed by atoms with E-state index in [0.29, 0.717) is 6.04 Å². The van der Waals surface area contributed by atoms with Crippen molar-refractivity contribution in [3.8, 4) is 0 Å². The molecule has 16 heavy (non-hydrogen) atoms. The summed E-state index contributed by atoms with van der Waals surface area (Å²) in [5.41, 5.74) is 2.76. The van der Waals surface area contributed by atoms with Gasteiger partial charge in [0.2, 0.25) is 0 Å². The smallest absolute Gasteiger partial charge is 0.0414 e. The lowest BCUT2D eigenvalue weighted by Gasteiger charge is -2.26. The topological polar surface area (TPSA) is 15.3 Å². The molecule has 0 bridgehead atoms. The summed E-state index contributed by atoms with van der Waals surface area (Å²) in [5, 5.41) is 3.48.